The molecule has 3 fully saturated rings. The van der Waals surface area contributed by atoms with Crippen LogP contribution in [0.25, 0.3) is 0 Å². The summed E-state index contributed by atoms with van der Waals surface area (Å²) < 4.78 is 2.01. The average molecular weight is 345 g/mol. The van der Waals surface area contributed by atoms with E-state index in [0.29, 0.717) is 29.8 Å². The summed E-state index contributed by atoms with van der Waals surface area (Å²) in [6.45, 7) is 6.65. The molecule has 0 spiro atoms. The van der Waals surface area contributed by atoms with Crippen LogP contribution in [0.15, 0.2) is 0 Å². The van der Waals surface area contributed by atoms with E-state index in [1.807, 2.05) is 18.5 Å². The first-order chi connectivity index (χ1) is 12.1. The van der Waals surface area contributed by atoms with Crippen molar-refractivity contribution < 1.29 is 4.79 Å². The van der Waals surface area contributed by atoms with E-state index in [0.717, 1.165) is 44.1 Å². The molecule has 3 saturated heterocycles. The van der Waals surface area contributed by atoms with Gasteiger partial charge in [-0.1, -0.05) is 0 Å². The molecular weight excluding hydrogens is 314 g/mol. The van der Waals surface area contributed by atoms with Gasteiger partial charge < -0.3 is 10.2 Å². The van der Waals surface area contributed by atoms with Crippen molar-refractivity contribution in [2.24, 2.45) is 11.8 Å². The lowest BCUT2D eigenvalue weighted by Gasteiger charge is -2.35. The van der Waals surface area contributed by atoms with Gasteiger partial charge >= 0.3 is 0 Å². The maximum absolute atomic E-state index is 12.8. The van der Waals surface area contributed by atoms with Crippen LogP contribution in [0.2, 0.25) is 0 Å². The normalized spacial score (nSPS) is 32.2. The third-order valence-corrected chi connectivity index (χ3v) is 6.30. The lowest BCUT2D eigenvalue weighted by atomic mass is 9.88. The number of nitrogens with one attached hydrogen (secondary N) is 1. The fourth-order valence-electron chi connectivity index (χ4n) is 5.14. The van der Waals surface area contributed by atoms with E-state index in [9.17, 15) is 4.79 Å². The van der Waals surface area contributed by atoms with Crippen molar-refractivity contribution in [3.63, 3.8) is 0 Å². The number of hydrogen-bond acceptors (Lipinski definition) is 4. The number of hydrogen-bond donors (Lipinski definition) is 1. The topological polar surface area (TPSA) is 63.1 Å². The number of carbonyl (C=O) groups is 1. The first kappa shape index (κ1) is 17.0. The van der Waals surface area contributed by atoms with Crippen LogP contribution < -0.4 is 5.32 Å². The quantitative estimate of drug-likeness (QED) is 0.907. The summed E-state index contributed by atoms with van der Waals surface area (Å²) in [6.07, 6.45) is 8.03. The Bertz CT molecular complexity index is 615. The highest BCUT2D eigenvalue weighted by Gasteiger charge is 2.35. The third kappa shape index (κ3) is 3.89. The minimum absolute atomic E-state index is 0.377. The molecule has 0 saturated carbocycles. The van der Waals surface area contributed by atoms with Crippen molar-refractivity contribution in [3.05, 3.63) is 11.6 Å². The number of likely N-dealkylation sites (tertiary alicyclic amines) is 1. The molecule has 4 rings (SSSR count). The molecular formula is C19H31N5O. The van der Waals surface area contributed by atoms with Crippen molar-refractivity contribution in [3.8, 4) is 0 Å². The van der Waals surface area contributed by atoms with Crippen LogP contribution in [-0.4, -0.2) is 50.7 Å². The van der Waals surface area contributed by atoms with Crippen molar-refractivity contribution in [2.75, 3.05) is 13.1 Å². The molecule has 0 radical (unpaired) electrons. The molecule has 1 aromatic rings. The van der Waals surface area contributed by atoms with E-state index in [-0.39, 0.29) is 0 Å². The summed E-state index contributed by atoms with van der Waals surface area (Å²) in [5.41, 5.74) is 0. The van der Waals surface area contributed by atoms with Crippen molar-refractivity contribution in [2.45, 2.75) is 77.4 Å². The molecule has 3 aliphatic rings. The first-order valence-corrected chi connectivity index (χ1v) is 9.98. The Labute approximate surface area is 150 Å². The number of carbonyl (C=O) groups excluding carboxylic acids is 1. The maximum atomic E-state index is 12.8. The second-order valence-corrected chi connectivity index (χ2v) is 8.42. The first-order valence-electron chi connectivity index (χ1n) is 9.98. The lowest BCUT2D eigenvalue weighted by molar-refractivity contribution is -0.134. The second-order valence-electron chi connectivity index (χ2n) is 8.42. The largest absolute Gasteiger partial charge is 0.342 e. The van der Waals surface area contributed by atoms with Gasteiger partial charge in [0.05, 0.1) is 0 Å². The van der Waals surface area contributed by atoms with Crippen molar-refractivity contribution in [1.29, 1.82) is 0 Å². The van der Waals surface area contributed by atoms with E-state index in [1.165, 1.54) is 32.1 Å². The van der Waals surface area contributed by atoms with Gasteiger partial charge in [0.2, 0.25) is 5.91 Å². The summed E-state index contributed by atoms with van der Waals surface area (Å²) in [7, 11) is 0. The molecule has 0 aliphatic carbocycles. The van der Waals surface area contributed by atoms with E-state index in [1.54, 1.807) is 0 Å². The van der Waals surface area contributed by atoms with Gasteiger partial charge in [-0.05, 0) is 64.2 Å². The summed E-state index contributed by atoms with van der Waals surface area (Å²) in [6, 6.07) is 1.34. The molecule has 4 heterocycles. The lowest BCUT2D eigenvalue weighted by Crippen LogP contribution is -2.44. The van der Waals surface area contributed by atoms with Gasteiger partial charge in [0, 0.05) is 38.1 Å². The summed E-state index contributed by atoms with van der Waals surface area (Å²) in [4.78, 5) is 19.4. The minimum atomic E-state index is 0.377. The molecule has 3 atom stereocenters. The van der Waals surface area contributed by atoms with Gasteiger partial charge in [0.25, 0.3) is 0 Å². The molecule has 6 heteroatoms. The number of nitrogens with zero attached hydrogens (tertiary/aromatic N) is 4. The van der Waals surface area contributed by atoms with E-state index < -0.39 is 0 Å². The van der Waals surface area contributed by atoms with Crippen LogP contribution in [0, 0.1) is 25.7 Å². The minimum Gasteiger partial charge on any atom is -0.342 e. The Balaban J connectivity index is 1.31. The highest BCUT2D eigenvalue weighted by atomic mass is 16.2. The van der Waals surface area contributed by atoms with E-state index >= 15 is 0 Å². The molecule has 3 aliphatic heterocycles. The van der Waals surface area contributed by atoms with Crippen molar-refractivity contribution in [1.82, 2.24) is 25.0 Å². The van der Waals surface area contributed by atoms with Crippen LogP contribution in [0.4, 0.5) is 0 Å². The number of piperidine rings is 2. The fraction of sp³-hybridized carbons (Fsp3) is 0.842. The highest BCUT2D eigenvalue weighted by molar-refractivity contribution is 5.76. The molecule has 2 bridgehead atoms. The number of amides is 1. The zero-order chi connectivity index (χ0) is 17.4. The molecule has 25 heavy (non-hydrogen) atoms. The Morgan fingerprint density at radius 2 is 1.92 bits per heavy atom. The Morgan fingerprint density at radius 1 is 1.16 bits per heavy atom. The summed E-state index contributed by atoms with van der Waals surface area (Å²) >= 11 is 0. The zero-order valence-corrected chi connectivity index (χ0v) is 15.6. The fourth-order valence-corrected chi connectivity index (χ4v) is 5.14. The highest BCUT2D eigenvalue weighted by Crippen LogP contribution is 2.33. The Hall–Kier alpha value is -1.43. The van der Waals surface area contributed by atoms with E-state index in [4.69, 9.17) is 0 Å². The van der Waals surface area contributed by atoms with Crippen LogP contribution in [0.3, 0.4) is 0 Å². The van der Waals surface area contributed by atoms with Gasteiger partial charge in [-0.25, -0.2) is 9.67 Å². The van der Waals surface area contributed by atoms with Gasteiger partial charge in [0.1, 0.15) is 11.6 Å². The predicted octanol–water partition coefficient (Wildman–Crippen LogP) is 2.05. The molecule has 1 amide bonds. The molecule has 0 aromatic carbocycles. The Morgan fingerprint density at radius 3 is 2.60 bits per heavy atom. The van der Waals surface area contributed by atoms with Gasteiger partial charge in [-0.15, -0.1) is 0 Å². The van der Waals surface area contributed by atoms with E-state index in [2.05, 4.69) is 20.3 Å². The van der Waals surface area contributed by atoms with Crippen LogP contribution in [-0.2, 0) is 11.3 Å². The van der Waals surface area contributed by atoms with Crippen LogP contribution >= 0.6 is 0 Å². The SMILES string of the molecule is Cc1nc(C)n(CC2CCCN(C(=O)CC3CC4CCC(C3)N4)C2)n1. The smallest absolute Gasteiger partial charge is 0.222 e. The summed E-state index contributed by atoms with van der Waals surface area (Å²) in [5.74, 6) is 3.28. The Kier molecular flexibility index (Phi) is 4.80. The monoisotopic (exact) mass is 345 g/mol. The molecule has 1 aromatic heterocycles. The summed E-state index contributed by atoms with van der Waals surface area (Å²) in [5, 5.41) is 8.16. The standard InChI is InChI=1S/C19H31N5O/c1-13-20-14(2)24(22-13)12-15-4-3-7-23(11-15)19(25)10-16-8-17-5-6-18(9-16)21-17/h15-18,21H,3-12H2,1-2H3. The number of aromatic nitrogens is 3. The second kappa shape index (κ2) is 7.06. The van der Waals surface area contributed by atoms with Gasteiger partial charge in [-0.3, -0.25) is 4.79 Å². The average Bonchev–Trinajstić information content (AvgIpc) is 3.08. The molecule has 6 nitrogen and oxygen atoms in total. The molecule has 1 N–H and O–H groups in total. The number of aryl methyl sites for hydroxylation is 2. The van der Waals surface area contributed by atoms with Gasteiger partial charge in [0.15, 0.2) is 0 Å². The van der Waals surface area contributed by atoms with Crippen molar-refractivity contribution >= 4 is 5.91 Å². The van der Waals surface area contributed by atoms with Crippen LogP contribution in [0.1, 0.15) is 56.6 Å². The van der Waals surface area contributed by atoms with Crippen LogP contribution in [0.5, 0.6) is 0 Å². The number of fused-ring (bicyclic) bond motifs is 2. The third-order valence-electron chi connectivity index (χ3n) is 6.30. The van der Waals surface area contributed by atoms with Gasteiger partial charge in [-0.2, -0.15) is 5.10 Å². The molecule has 3 unspecified atom stereocenters. The zero-order valence-electron chi connectivity index (χ0n) is 15.6. The maximum Gasteiger partial charge on any atom is 0.222 e. The predicted molar refractivity (Wildman–Crippen MR) is 96.1 cm³/mol. The number of rotatable bonds is 4. The molecule has 138 valence electrons.